The average Bonchev–Trinajstić information content (AvgIpc) is 3.35. The third-order valence-electron chi connectivity index (χ3n) is 8.30. The van der Waals surface area contributed by atoms with Gasteiger partial charge < -0.3 is 15.0 Å². The number of rotatable bonds is 5. The summed E-state index contributed by atoms with van der Waals surface area (Å²) < 4.78 is 5.45. The van der Waals surface area contributed by atoms with Crippen molar-refractivity contribution in [2.45, 2.75) is 57.0 Å². The van der Waals surface area contributed by atoms with Gasteiger partial charge in [0.1, 0.15) is 0 Å². The van der Waals surface area contributed by atoms with Crippen molar-refractivity contribution in [2.75, 3.05) is 52.5 Å². The van der Waals surface area contributed by atoms with Gasteiger partial charge in [0.15, 0.2) is 0 Å². The minimum absolute atomic E-state index is 0.795. The van der Waals surface area contributed by atoms with Gasteiger partial charge >= 0.3 is 0 Å². The van der Waals surface area contributed by atoms with Crippen molar-refractivity contribution in [2.24, 2.45) is 23.7 Å². The molecule has 5 atom stereocenters. The van der Waals surface area contributed by atoms with Gasteiger partial charge in [-0.1, -0.05) is 6.42 Å². The van der Waals surface area contributed by atoms with Gasteiger partial charge in [0.2, 0.25) is 0 Å². The molecule has 0 unspecified atom stereocenters. The van der Waals surface area contributed by atoms with Crippen molar-refractivity contribution in [1.29, 1.82) is 0 Å². The highest BCUT2D eigenvalue weighted by Crippen LogP contribution is 2.58. The fraction of sp³-hybridized carbons (Fsp3) is 1.00. The first-order chi connectivity index (χ1) is 12.4. The maximum atomic E-state index is 5.45. The first-order valence-electron chi connectivity index (χ1n) is 11.2. The van der Waals surface area contributed by atoms with Crippen LogP contribution in [0.4, 0.5) is 0 Å². The smallest absolute Gasteiger partial charge is 0.0594 e. The number of likely N-dealkylation sites (tertiary alicyclic amines) is 1. The Kier molecular flexibility index (Phi) is 5.06. The lowest BCUT2D eigenvalue weighted by atomic mass is 9.78. The molecule has 2 aliphatic heterocycles. The molecule has 0 aromatic heterocycles. The van der Waals surface area contributed by atoms with Crippen LogP contribution in [0.25, 0.3) is 0 Å². The van der Waals surface area contributed by atoms with Crippen LogP contribution in [-0.2, 0) is 4.74 Å². The molecule has 5 fully saturated rings. The summed E-state index contributed by atoms with van der Waals surface area (Å²) in [6.45, 7) is 9.20. The van der Waals surface area contributed by atoms with E-state index in [2.05, 4.69) is 15.1 Å². The zero-order valence-corrected chi connectivity index (χ0v) is 15.9. The second kappa shape index (κ2) is 7.46. The summed E-state index contributed by atoms with van der Waals surface area (Å²) in [7, 11) is 0. The molecule has 0 aromatic rings. The fourth-order valence-corrected chi connectivity index (χ4v) is 6.99. The summed E-state index contributed by atoms with van der Waals surface area (Å²) >= 11 is 0. The van der Waals surface area contributed by atoms with Crippen LogP contribution in [0.1, 0.15) is 44.9 Å². The van der Waals surface area contributed by atoms with Crippen molar-refractivity contribution in [3.63, 3.8) is 0 Å². The van der Waals surface area contributed by atoms with E-state index < -0.39 is 0 Å². The molecular weight excluding hydrogens is 310 g/mol. The Labute approximate surface area is 153 Å². The van der Waals surface area contributed by atoms with E-state index in [-0.39, 0.29) is 0 Å². The molecule has 4 nitrogen and oxygen atoms in total. The van der Waals surface area contributed by atoms with Gasteiger partial charge in [-0.25, -0.2) is 0 Å². The standard InChI is InChI=1S/C21H37N3O/c1-2-18-16-14-20(19(18)3-1)21(15-16)22-17-4-6-23(7-5-17)8-9-24-10-12-25-13-11-24/h16-22H,1-15H2/t16-,18-,19-,20+,21+/m1/s1. The quantitative estimate of drug-likeness (QED) is 0.825. The molecular formula is C21H37N3O. The first-order valence-corrected chi connectivity index (χ1v) is 11.2. The second-order valence-electron chi connectivity index (χ2n) is 9.50. The number of nitrogens with one attached hydrogen (secondary N) is 1. The number of morpholine rings is 1. The van der Waals surface area contributed by atoms with Crippen molar-refractivity contribution in [1.82, 2.24) is 15.1 Å². The molecule has 2 bridgehead atoms. The van der Waals surface area contributed by atoms with Crippen molar-refractivity contribution in [3.8, 4) is 0 Å². The monoisotopic (exact) mass is 347 g/mol. The molecule has 2 heterocycles. The van der Waals surface area contributed by atoms with Crippen LogP contribution in [0.2, 0.25) is 0 Å². The summed E-state index contributed by atoms with van der Waals surface area (Å²) in [5.41, 5.74) is 0. The summed E-state index contributed by atoms with van der Waals surface area (Å²) in [5.74, 6) is 4.36. The maximum Gasteiger partial charge on any atom is 0.0594 e. The van der Waals surface area contributed by atoms with E-state index >= 15 is 0 Å². The highest BCUT2D eigenvalue weighted by molar-refractivity contribution is 5.06. The van der Waals surface area contributed by atoms with E-state index in [9.17, 15) is 0 Å². The Hall–Kier alpha value is -0.160. The molecule has 2 saturated heterocycles. The van der Waals surface area contributed by atoms with E-state index in [4.69, 9.17) is 4.74 Å². The molecule has 5 rings (SSSR count). The average molecular weight is 348 g/mol. The number of fused-ring (bicyclic) bond motifs is 5. The van der Waals surface area contributed by atoms with E-state index in [1.807, 2.05) is 0 Å². The van der Waals surface area contributed by atoms with Crippen LogP contribution in [-0.4, -0.2) is 74.4 Å². The van der Waals surface area contributed by atoms with E-state index in [1.54, 1.807) is 19.3 Å². The van der Waals surface area contributed by atoms with E-state index in [0.29, 0.717) is 0 Å². The Bertz CT molecular complexity index is 444. The van der Waals surface area contributed by atoms with Crippen LogP contribution in [0.15, 0.2) is 0 Å². The maximum absolute atomic E-state index is 5.45. The Morgan fingerprint density at radius 1 is 0.760 bits per heavy atom. The van der Waals surface area contributed by atoms with Crippen molar-refractivity contribution >= 4 is 0 Å². The van der Waals surface area contributed by atoms with Gasteiger partial charge in [-0.05, 0) is 75.3 Å². The number of hydrogen-bond donors (Lipinski definition) is 1. The second-order valence-corrected chi connectivity index (χ2v) is 9.50. The Morgan fingerprint density at radius 2 is 1.48 bits per heavy atom. The molecule has 0 spiro atoms. The molecule has 0 radical (unpaired) electrons. The third kappa shape index (κ3) is 3.52. The number of hydrogen-bond acceptors (Lipinski definition) is 4. The van der Waals surface area contributed by atoms with Crippen molar-refractivity contribution < 1.29 is 4.74 Å². The molecule has 0 aromatic carbocycles. The van der Waals surface area contributed by atoms with E-state index in [1.165, 1.54) is 51.9 Å². The Balaban J connectivity index is 1.04. The largest absolute Gasteiger partial charge is 0.379 e. The summed E-state index contributed by atoms with van der Waals surface area (Å²) in [6, 6.07) is 1.66. The van der Waals surface area contributed by atoms with E-state index in [0.717, 1.165) is 62.1 Å². The van der Waals surface area contributed by atoms with Gasteiger partial charge in [-0.15, -0.1) is 0 Å². The highest BCUT2D eigenvalue weighted by Gasteiger charge is 2.53. The van der Waals surface area contributed by atoms with Gasteiger partial charge in [0.05, 0.1) is 13.2 Å². The molecule has 0 amide bonds. The summed E-state index contributed by atoms with van der Waals surface area (Å²) in [4.78, 5) is 5.27. The van der Waals surface area contributed by atoms with Crippen LogP contribution in [0, 0.1) is 23.7 Å². The predicted octanol–water partition coefficient (Wildman–Crippen LogP) is 2.20. The highest BCUT2D eigenvalue weighted by atomic mass is 16.5. The van der Waals surface area contributed by atoms with Crippen LogP contribution in [0.5, 0.6) is 0 Å². The Morgan fingerprint density at radius 3 is 2.28 bits per heavy atom. The molecule has 4 heteroatoms. The molecule has 3 saturated carbocycles. The SMILES string of the molecule is C1C[C@@H]2[C@H](C1)[C@@H]1C[C@@H]2[C@@H](NC2CCN(CCN3CCOCC3)CC2)C1. The number of piperidine rings is 1. The predicted molar refractivity (Wildman–Crippen MR) is 101 cm³/mol. The molecule has 5 aliphatic rings. The third-order valence-corrected chi connectivity index (χ3v) is 8.30. The molecule has 25 heavy (non-hydrogen) atoms. The van der Waals surface area contributed by atoms with Crippen LogP contribution in [0.3, 0.4) is 0 Å². The summed E-state index contributed by atoms with van der Waals surface area (Å²) in [5, 5.41) is 4.13. The molecule has 3 aliphatic carbocycles. The molecule has 1 N–H and O–H groups in total. The van der Waals surface area contributed by atoms with Gasteiger partial charge in [-0.2, -0.15) is 0 Å². The van der Waals surface area contributed by atoms with Crippen molar-refractivity contribution in [3.05, 3.63) is 0 Å². The minimum Gasteiger partial charge on any atom is -0.379 e. The fourth-order valence-electron chi connectivity index (χ4n) is 6.99. The van der Waals surface area contributed by atoms with Crippen LogP contribution < -0.4 is 5.32 Å². The lowest BCUT2D eigenvalue weighted by Crippen LogP contribution is -2.50. The number of ether oxygens (including phenoxy) is 1. The zero-order chi connectivity index (χ0) is 16.6. The molecule has 142 valence electrons. The zero-order valence-electron chi connectivity index (χ0n) is 15.9. The topological polar surface area (TPSA) is 27.7 Å². The van der Waals surface area contributed by atoms with Gasteiger partial charge in [-0.3, -0.25) is 4.90 Å². The normalized spacial score (nSPS) is 43.0. The van der Waals surface area contributed by atoms with Crippen LogP contribution >= 0.6 is 0 Å². The number of nitrogens with zero attached hydrogens (tertiary/aromatic N) is 2. The first kappa shape index (κ1) is 17.0. The minimum atomic E-state index is 0.795. The lowest BCUT2D eigenvalue weighted by Gasteiger charge is -2.39. The summed E-state index contributed by atoms with van der Waals surface area (Å²) in [6.07, 6.45) is 10.4. The van der Waals surface area contributed by atoms with Gasteiger partial charge in [0, 0.05) is 38.3 Å². The van der Waals surface area contributed by atoms with Gasteiger partial charge in [0.25, 0.3) is 0 Å². The lowest BCUT2D eigenvalue weighted by molar-refractivity contribution is 0.0316.